The van der Waals surface area contributed by atoms with Crippen molar-refractivity contribution in [2.45, 2.75) is 560 Å². The lowest BCUT2D eigenvalue weighted by atomic mass is 9.48. The van der Waals surface area contributed by atoms with E-state index in [-0.39, 0.29) is 70.6 Å². The van der Waals surface area contributed by atoms with E-state index in [1.54, 1.807) is 0 Å². The van der Waals surface area contributed by atoms with E-state index in [0.29, 0.717) is 56.8 Å². The molecule has 119 heavy (non-hydrogen) atoms. The molecule has 0 saturated carbocycles. The van der Waals surface area contributed by atoms with Gasteiger partial charge in [-0.1, -0.05) is 141 Å². The molecule has 8 heterocycles. The van der Waals surface area contributed by atoms with Crippen molar-refractivity contribution in [3.63, 3.8) is 0 Å². The lowest BCUT2D eigenvalue weighted by Gasteiger charge is -2.39. The highest BCUT2D eigenvalue weighted by Crippen LogP contribution is 2.59. The summed E-state index contributed by atoms with van der Waals surface area (Å²) in [6.45, 7) is 97.9. The molecule has 8 saturated heterocycles. The van der Waals surface area contributed by atoms with E-state index in [4.69, 9.17) is 83.3 Å². The van der Waals surface area contributed by atoms with Gasteiger partial charge in [-0.15, -0.1) is 0 Å². The Hall–Kier alpha value is 0.233. The quantitative estimate of drug-likeness (QED) is 0.0529. The Bertz CT molecular complexity index is 2920. The highest BCUT2D eigenvalue weighted by molar-refractivity contribution is 6.74. The summed E-state index contributed by atoms with van der Waals surface area (Å²) < 4.78 is 134. The van der Waals surface area contributed by atoms with Gasteiger partial charge in [0.2, 0.25) is 0 Å². The van der Waals surface area contributed by atoms with Crippen LogP contribution in [0.5, 0.6) is 0 Å². The molecule has 0 spiro atoms. The van der Waals surface area contributed by atoms with Crippen LogP contribution in [0.3, 0.4) is 0 Å². The van der Waals surface area contributed by atoms with Crippen LogP contribution in [-0.2, 0) is 83.3 Å². The van der Waals surface area contributed by atoms with Gasteiger partial charge < -0.3 is 83.3 Å². The van der Waals surface area contributed by atoms with Gasteiger partial charge in [0.1, 0.15) is 0 Å². The predicted molar refractivity (Wildman–Crippen MR) is 502 cm³/mol. The molecule has 0 aromatic rings. The summed E-state index contributed by atoms with van der Waals surface area (Å²) in [4.78, 5) is 0. The van der Waals surface area contributed by atoms with E-state index in [1.165, 1.54) is 0 Å². The Kier molecular flexibility index (Phi) is 32.6. The SMILES string of the molecule is CC[Si](CC)(CC)O[C@@H](C(C)C)[C@@H](C)CC[C@@H](C[C@@H](C[C@@H](C[C@H](C[C@@H](C[C@H](C[C@H](C[C@H](CC[C@H](C)[C@@H](O[Si](CC)(CC)CC)C(C)C)B1OC(C)(C)C(C)(C)O1)B1OC(C)(C)C(C)(C)O1)B1OC(C)(C)C(C)(C)O1)B1OC(C)(C)C(C)(C)O1)B1OC(C)(C)C(C)(C)O1)B1OC(C)(C)C(C)(C)O1)B1OC(C)(C)C(C)(C)O1)B1OC(C)(C)C(C)(C)O1. The molecule has 8 rings (SSSR count). The monoisotopic (exact) mass is 1710 g/mol. The van der Waals surface area contributed by atoms with E-state index in [0.717, 1.165) is 61.9 Å². The Morgan fingerprint density at radius 2 is 0.311 bits per heavy atom. The first-order chi connectivity index (χ1) is 53.9. The van der Waals surface area contributed by atoms with Crippen molar-refractivity contribution in [2.75, 3.05) is 0 Å². The molecule has 8 fully saturated rings. The Labute approximate surface area is 736 Å². The number of hydrogen-bond acceptors (Lipinski definition) is 18. The molecule has 12 atom stereocenters. The lowest BCUT2D eigenvalue weighted by Crippen LogP contribution is -2.44. The normalized spacial score (nSPS) is 28.3. The largest absolute Gasteiger partial charge is 0.461 e. The third-order valence-electron chi connectivity index (χ3n) is 34.5. The van der Waals surface area contributed by atoms with Gasteiger partial charge in [-0.3, -0.25) is 0 Å². The fourth-order valence-electron chi connectivity index (χ4n) is 19.7. The van der Waals surface area contributed by atoms with Gasteiger partial charge in [0, 0.05) is 12.2 Å². The van der Waals surface area contributed by atoms with Crippen LogP contribution < -0.4 is 0 Å². The molecular weight excluding hydrogens is 1520 g/mol. The summed E-state index contributed by atoms with van der Waals surface area (Å²) in [5, 5.41) is 0. The second kappa shape index (κ2) is 37.1. The first-order valence-corrected chi connectivity index (χ1v) is 53.2. The zero-order valence-electron chi connectivity index (χ0n) is 85.1. The molecule has 0 aromatic carbocycles. The second-order valence-electron chi connectivity index (χ2n) is 48.0. The molecule has 28 heteroatoms. The summed E-state index contributed by atoms with van der Waals surface area (Å²) >= 11 is 0. The maximum absolute atomic E-state index is 7.56. The minimum Gasteiger partial charge on any atom is -0.413 e. The third-order valence-corrected chi connectivity index (χ3v) is 43.8. The third kappa shape index (κ3) is 22.5. The van der Waals surface area contributed by atoms with Gasteiger partial charge in [0.25, 0.3) is 0 Å². The van der Waals surface area contributed by atoms with Crippen molar-refractivity contribution >= 4 is 73.6 Å². The van der Waals surface area contributed by atoms with Crippen LogP contribution in [0.2, 0.25) is 82.8 Å². The van der Waals surface area contributed by atoms with E-state index < -0.39 is 163 Å². The summed E-state index contributed by atoms with van der Waals surface area (Å²) in [5.74, 6) is -0.524. The predicted octanol–water partition coefficient (Wildman–Crippen LogP) is 24.3. The number of hydrogen-bond donors (Lipinski definition) is 0. The van der Waals surface area contributed by atoms with Crippen LogP contribution >= 0.6 is 0 Å². The second-order valence-corrected chi connectivity index (χ2v) is 57.4. The molecule has 18 nitrogen and oxygen atoms in total. The van der Waals surface area contributed by atoms with Gasteiger partial charge in [-0.2, -0.15) is 0 Å². The van der Waals surface area contributed by atoms with Crippen LogP contribution in [0.4, 0.5) is 0 Å². The van der Waals surface area contributed by atoms with Crippen molar-refractivity contribution in [2.24, 2.45) is 23.7 Å². The maximum Gasteiger partial charge on any atom is 0.461 e. The van der Waals surface area contributed by atoms with Crippen LogP contribution in [0.1, 0.15) is 375 Å². The fourth-order valence-corrected chi connectivity index (χ4v) is 25.9. The summed E-state index contributed by atoms with van der Waals surface area (Å²) in [5.41, 5.74) is -10.3. The highest BCUT2D eigenvalue weighted by Gasteiger charge is 2.66. The van der Waals surface area contributed by atoms with E-state index >= 15 is 0 Å². The molecule has 0 aliphatic carbocycles. The molecule has 0 radical (unpaired) electrons. The highest BCUT2D eigenvalue weighted by atomic mass is 28.4. The topological polar surface area (TPSA) is 166 Å². The minimum atomic E-state index is -1.97. The van der Waals surface area contributed by atoms with Gasteiger partial charge in [-0.05, 0) is 341 Å². The first-order valence-electron chi connectivity index (χ1n) is 48.1. The Morgan fingerprint density at radius 1 is 0.193 bits per heavy atom. The van der Waals surface area contributed by atoms with Gasteiger partial charge >= 0.3 is 56.9 Å². The molecule has 0 bridgehead atoms. The average molecular weight is 1710 g/mol. The molecule has 0 N–H and O–H groups in total. The van der Waals surface area contributed by atoms with Crippen LogP contribution in [0.15, 0.2) is 0 Å². The van der Waals surface area contributed by atoms with Gasteiger partial charge in [0.05, 0.1) is 89.6 Å². The molecule has 8 aliphatic rings. The van der Waals surface area contributed by atoms with Crippen LogP contribution in [0, 0.1) is 23.7 Å². The van der Waals surface area contributed by atoms with Crippen molar-refractivity contribution in [1.82, 2.24) is 0 Å². The first kappa shape index (κ1) is 105. The van der Waals surface area contributed by atoms with Crippen molar-refractivity contribution in [1.29, 1.82) is 0 Å². The minimum absolute atomic E-state index is 0.0685. The van der Waals surface area contributed by atoms with Crippen LogP contribution in [-0.4, -0.2) is 175 Å². The smallest absolute Gasteiger partial charge is 0.413 e. The van der Waals surface area contributed by atoms with Crippen LogP contribution in [0.25, 0.3) is 0 Å². The summed E-state index contributed by atoms with van der Waals surface area (Å²) in [6.07, 6.45) is 8.03. The standard InChI is InChI=1S/C91H180B8O18Si2/c1-45-118(46-2,47-3)100-74(62(7)8)64(11)51-53-66(92-102-76(13,14)77(15,16)103-92)55-68(94-106-80(21,22)81(23,24)107-94)57-70(96-110-84(29,30)85(31,32)111-96)59-72(98-114-88(37,38)89(39,40)115-98)61-73(99-116-90(41,42)91(43,44)117-99)60-71(97-112-86(33,34)87(35,36)113-97)58-69(95-108-82(25,26)83(27,28)109-95)56-67(93-104-78(17,18)79(19,20)105-93)54-52-65(12)75(63(9)10)101-119(48-4,49-5)50-6/h62-75H,45-61H2,1-44H3/t64-,65-,66-,67-,68-,69-,70-,71-,72+,73+,74-,75-/m0/s1. The summed E-state index contributed by atoms with van der Waals surface area (Å²) in [6, 6.07) is 6.63. The van der Waals surface area contributed by atoms with E-state index in [2.05, 4.69) is 305 Å². The van der Waals surface area contributed by atoms with Gasteiger partial charge in [0.15, 0.2) is 16.6 Å². The summed E-state index contributed by atoms with van der Waals surface area (Å²) in [7, 11) is -8.86. The molecule has 0 unspecified atom stereocenters. The lowest BCUT2D eigenvalue weighted by molar-refractivity contribution is 0.00578. The average Bonchev–Trinajstić information content (AvgIpc) is 1.59. The zero-order valence-corrected chi connectivity index (χ0v) is 87.1. The number of rotatable bonds is 42. The molecule has 684 valence electrons. The molecule has 0 aromatic heterocycles. The van der Waals surface area contributed by atoms with E-state index in [9.17, 15) is 0 Å². The van der Waals surface area contributed by atoms with Gasteiger partial charge in [-0.25, -0.2) is 0 Å². The maximum atomic E-state index is 7.56. The fraction of sp³-hybridized carbons (Fsp3) is 1.00. The van der Waals surface area contributed by atoms with Crippen molar-refractivity contribution in [3.8, 4) is 0 Å². The Balaban J connectivity index is 1.31. The zero-order chi connectivity index (χ0) is 90.5. The molecular formula is C91H180B8O18Si2. The Morgan fingerprint density at radius 3 is 0.429 bits per heavy atom. The van der Waals surface area contributed by atoms with Crippen molar-refractivity contribution < 1.29 is 83.3 Å². The van der Waals surface area contributed by atoms with E-state index in [1.807, 2.05) is 0 Å². The molecule has 0 amide bonds. The van der Waals surface area contributed by atoms with Crippen molar-refractivity contribution in [3.05, 3.63) is 0 Å². The molecule has 8 aliphatic heterocycles.